The van der Waals surface area contributed by atoms with Crippen molar-refractivity contribution in [2.24, 2.45) is 4.99 Å². The van der Waals surface area contributed by atoms with Gasteiger partial charge < -0.3 is 4.74 Å². The van der Waals surface area contributed by atoms with Gasteiger partial charge in [-0.3, -0.25) is 0 Å². The van der Waals surface area contributed by atoms with E-state index in [9.17, 15) is 18.0 Å². The number of carbonyl (C=O) groups excluding carboxylic acids is 1. The molecule has 0 aliphatic carbocycles. The summed E-state index contributed by atoms with van der Waals surface area (Å²) in [5.74, 6) is -0.897. The van der Waals surface area contributed by atoms with Crippen LogP contribution in [0, 0.1) is 0 Å². The van der Waals surface area contributed by atoms with Gasteiger partial charge in [-0.25, -0.2) is 14.8 Å². The van der Waals surface area contributed by atoms with Crippen molar-refractivity contribution in [2.75, 3.05) is 7.11 Å². The number of methoxy groups -OCH3 is 1. The first kappa shape index (κ1) is 15.7. The summed E-state index contributed by atoms with van der Waals surface area (Å²) in [5, 5.41) is 0. The number of alkyl halides is 3. The highest BCUT2D eigenvalue weighted by Crippen LogP contribution is 2.25. The molecular formula is C15H11F3N2O2. The molecule has 2 rings (SSSR count). The lowest BCUT2D eigenvalue weighted by atomic mass is 10.1. The Morgan fingerprint density at radius 3 is 2.41 bits per heavy atom. The van der Waals surface area contributed by atoms with Crippen molar-refractivity contribution >= 4 is 17.5 Å². The molecule has 0 aliphatic rings. The maximum atomic E-state index is 13.2. The van der Waals surface area contributed by atoms with Crippen LogP contribution in [0.3, 0.4) is 0 Å². The lowest BCUT2D eigenvalue weighted by Crippen LogP contribution is -2.23. The molecule has 0 atom stereocenters. The van der Waals surface area contributed by atoms with E-state index >= 15 is 0 Å². The first-order valence-corrected chi connectivity index (χ1v) is 6.17. The first-order chi connectivity index (χ1) is 10.4. The number of rotatable bonds is 3. The molecule has 0 saturated heterocycles. The average molecular weight is 308 g/mol. The number of aliphatic imine (C=N–C) groups is 1. The van der Waals surface area contributed by atoms with Crippen LogP contribution in [0.1, 0.15) is 15.9 Å². The van der Waals surface area contributed by atoms with Crippen LogP contribution < -0.4 is 0 Å². The van der Waals surface area contributed by atoms with Crippen LogP contribution in [0.2, 0.25) is 0 Å². The van der Waals surface area contributed by atoms with Crippen LogP contribution in [0.4, 0.5) is 19.0 Å². The highest BCUT2D eigenvalue weighted by molar-refractivity contribution is 6.05. The summed E-state index contributed by atoms with van der Waals surface area (Å²) in [4.78, 5) is 18.7. The van der Waals surface area contributed by atoms with Gasteiger partial charge in [-0.15, -0.1) is 0 Å². The van der Waals surface area contributed by atoms with Crippen molar-refractivity contribution in [3.63, 3.8) is 0 Å². The van der Waals surface area contributed by atoms with Crippen LogP contribution in [0.15, 0.2) is 53.7 Å². The van der Waals surface area contributed by atoms with E-state index < -0.39 is 17.9 Å². The molecule has 2 aromatic rings. The molecule has 0 bridgehead atoms. The minimum atomic E-state index is -4.65. The number of benzene rings is 1. The largest absolute Gasteiger partial charge is 0.465 e. The lowest BCUT2D eigenvalue weighted by Gasteiger charge is -2.10. The molecule has 0 saturated carbocycles. The van der Waals surface area contributed by atoms with Gasteiger partial charge in [0.05, 0.1) is 12.7 Å². The zero-order chi connectivity index (χ0) is 16.2. The SMILES string of the molecule is COC(=O)c1ccnc(/N=C(/c2ccccc2)C(F)(F)F)c1. The number of hydrogen-bond donors (Lipinski definition) is 0. The van der Waals surface area contributed by atoms with Crippen molar-refractivity contribution in [1.29, 1.82) is 0 Å². The highest BCUT2D eigenvalue weighted by atomic mass is 19.4. The average Bonchev–Trinajstić information content (AvgIpc) is 2.52. The van der Waals surface area contributed by atoms with Gasteiger partial charge >= 0.3 is 12.1 Å². The number of halogens is 3. The van der Waals surface area contributed by atoms with Gasteiger partial charge in [0, 0.05) is 11.8 Å². The fourth-order valence-corrected chi connectivity index (χ4v) is 1.73. The van der Waals surface area contributed by atoms with Crippen LogP contribution in [-0.4, -0.2) is 30.0 Å². The normalized spacial score (nSPS) is 12.1. The maximum absolute atomic E-state index is 13.2. The zero-order valence-electron chi connectivity index (χ0n) is 11.5. The number of hydrogen-bond acceptors (Lipinski definition) is 4. The molecule has 22 heavy (non-hydrogen) atoms. The Bertz CT molecular complexity index is 697. The van der Waals surface area contributed by atoms with Crippen molar-refractivity contribution in [3.05, 3.63) is 59.8 Å². The predicted molar refractivity (Wildman–Crippen MR) is 74.3 cm³/mol. The molecule has 1 heterocycles. The van der Waals surface area contributed by atoms with Crippen LogP contribution in [0.5, 0.6) is 0 Å². The fraction of sp³-hybridized carbons (Fsp3) is 0.133. The van der Waals surface area contributed by atoms with Gasteiger partial charge in [0.1, 0.15) is 0 Å². The standard InChI is InChI=1S/C15H11F3N2O2/c1-22-14(21)11-7-8-19-12(9-11)20-13(15(16,17)18)10-5-3-2-4-6-10/h2-9H,1H3/b20-13-. The van der Waals surface area contributed by atoms with Crippen LogP contribution in [0.25, 0.3) is 0 Å². The monoisotopic (exact) mass is 308 g/mol. The summed E-state index contributed by atoms with van der Waals surface area (Å²) in [7, 11) is 1.18. The van der Waals surface area contributed by atoms with Gasteiger partial charge in [-0.05, 0) is 12.1 Å². The topological polar surface area (TPSA) is 51.5 Å². The molecule has 0 spiro atoms. The summed E-state index contributed by atoms with van der Waals surface area (Å²) in [6.45, 7) is 0. The molecule has 7 heteroatoms. The highest BCUT2D eigenvalue weighted by Gasteiger charge is 2.36. The lowest BCUT2D eigenvalue weighted by molar-refractivity contribution is -0.0580. The molecule has 1 aromatic heterocycles. The number of pyridine rings is 1. The van der Waals surface area contributed by atoms with E-state index in [1.54, 1.807) is 6.07 Å². The third kappa shape index (κ3) is 3.69. The van der Waals surface area contributed by atoms with Crippen molar-refractivity contribution in [1.82, 2.24) is 4.98 Å². The molecule has 0 fully saturated rings. The van der Waals surface area contributed by atoms with E-state index in [2.05, 4.69) is 14.7 Å². The zero-order valence-corrected chi connectivity index (χ0v) is 11.5. The molecule has 114 valence electrons. The minimum Gasteiger partial charge on any atom is -0.465 e. The molecule has 0 amide bonds. The molecule has 1 aromatic carbocycles. The van der Waals surface area contributed by atoms with E-state index in [1.807, 2.05) is 0 Å². The third-order valence-corrected chi connectivity index (χ3v) is 2.71. The Kier molecular flexibility index (Phi) is 4.55. The second-order valence-electron chi connectivity index (χ2n) is 4.22. The van der Waals surface area contributed by atoms with Crippen molar-refractivity contribution in [2.45, 2.75) is 6.18 Å². The van der Waals surface area contributed by atoms with E-state index in [0.717, 1.165) is 6.07 Å². The Morgan fingerprint density at radius 1 is 1.14 bits per heavy atom. The smallest absolute Gasteiger partial charge is 0.434 e. The van der Waals surface area contributed by atoms with Gasteiger partial charge in [0.2, 0.25) is 0 Å². The number of ether oxygens (including phenoxy) is 1. The van der Waals surface area contributed by atoms with E-state index in [1.165, 1.54) is 43.6 Å². The van der Waals surface area contributed by atoms with Crippen molar-refractivity contribution in [3.8, 4) is 0 Å². The summed E-state index contributed by atoms with van der Waals surface area (Å²) in [6, 6.07) is 9.64. The van der Waals surface area contributed by atoms with Gasteiger partial charge in [-0.2, -0.15) is 13.2 Å². The second-order valence-corrected chi connectivity index (χ2v) is 4.22. The number of nitrogens with zero attached hydrogens (tertiary/aromatic N) is 2. The van der Waals surface area contributed by atoms with Gasteiger partial charge in [0.15, 0.2) is 11.5 Å². The second kappa shape index (κ2) is 6.38. The van der Waals surface area contributed by atoms with E-state index in [0.29, 0.717) is 0 Å². The Hall–Kier alpha value is -2.70. The number of esters is 1. The first-order valence-electron chi connectivity index (χ1n) is 6.17. The van der Waals surface area contributed by atoms with E-state index in [4.69, 9.17) is 0 Å². The van der Waals surface area contributed by atoms with Crippen LogP contribution >= 0.6 is 0 Å². The predicted octanol–water partition coefficient (Wildman–Crippen LogP) is 3.55. The maximum Gasteiger partial charge on any atom is 0.434 e. The summed E-state index contributed by atoms with van der Waals surface area (Å²) < 4.78 is 44.0. The molecule has 0 aliphatic heterocycles. The summed E-state index contributed by atoms with van der Waals surface area (Å²) >= 11 is 0. The number of aromatic nitrogens is 1. The Labute approximate surface area is 124 Å². The third-order valence-electron chi connectivity index (χ3n) is 2.71. The Balaban J connectivity index is 2.49. The van der Waals surface area contributed by atoms with E-state index in [-0.39, 0.29) is 16.9 Å². The molecule has 4 nitrogen and oxygen atoms in total. The Morgan fingerprint density at radius 2 is 1.82 bits per heavy atom. The molecule has 0 unspecified atom stereocenters. The molecule has 0 radical (unpaired) electrons. The minimum absolute atomic E-state index is 0.0748. The van der Waals surface area contributed by atoms with Crippen molar-refractivity contribution < 1.29 is 22.7 Å². The summed E-state index contributed by atoms with van der Waals surface area (Å²) in [6.07, 6.45) is -3.45. The van der Waals surface area contributed by atoms with Crippen LogP contribution in [-0.2, 0) is 4.74 Å². The quantitative estimate of drug-likeness (QED) is 0.643. The summed E-state index contributed by atoms with van der Waals surface area (Å²) in [5.41, 5.74) is -1.09. The van der Waals surface area contributed by atoms with Gasteiger partial charge in [-0.1, -0.05) is 30.3 Å². The number of carbonyl (C=O) groups is 1. The molecule has 0 N–H and O–H groups in total. The van der Waals surface area contributed by atoms with Gasteiger partial charge in [0.25, 0.3) is 0 Å². The fourth-order valence-electron chi connectivity index (χ4n) is 1.73. The molecular weight excluding hydrogens is 297 g/mol.